The Labute approximate surface area is 154 Å². The van der Waals surface area contributed by atoms with Crippen LogP contribution in [-0.4, -0.2) is 25.6 Å². The van der Waals surface area contributed by atoms with Crippen LogP contribution in [0.5, 0.6) is 0 Å². The summed E-state index contributed by atoms with van der Waals surface area (Å²) in [7, 11) is -3.53. The maximum atomic E-state index is 13.7. The summed E-state index contributed by atoms with van der Waals surface area (Å²) in [6.45, 7) is 0. The molecule has 2 aromatic carbocycles. The number of hydrogen-bond acceptors (Lipinski definition) is 5. The van der Waals surface area contributed by atoms with Gasteiger partial charge in [-0.2, -0.15) is 0 Å². The number of nitrogens with one attached hydrogen (secondary N) is 1. The molecule has 0 atom stereocenters. The third kappa shape index (κ3) is 4.14. The van der Waals surface area contributed by atoms with Gasteiger partial charge in [-0.1, -0.05) is 30.3 Å². The second kappa shape index (κ2) is 7.35. The first kappa shape index (κ1) is 18.2. The molecule has 1 heterocycles. The molecule has 3 aromatic rings. The van der Waals surface area contributed by atoms with Crippen LogP contribution in [0, 0.1) is 5.82 Å². The van der Waals surface area contributed by atoms with E-state index < -0.39 is 15.7 Å². The summed E-state index contributed by atoms with van der Waals surface area (Å²) in [6, 6.07) is 12.4. The fourth-order valence-electron chi connectivity index (χ4n) is 2.42. The van der Waals surface area contributed by atoms with Gasteiger partial charge in [0.05, 0.1) is 10.5 Å². The number of anilines is 1. The van der Waals surface area contributed by atoms with Crippen LogP contribution in [0.1, 0.15) is 20.8 Å². The van der Waals surface area contributed by atoms with Crippen molar-refractivity contribution in [1.82, 2.24) is 4.98 Å². The Morgan fingerprint density at radius 1 is 1.15 bits per heavy atom. The Kier molecular flexibility index (Phi) is 5.15. The molecule has 1 amide bonds. The first-order valence-electron chi connectivity index (χ1n) is 7.63. The molecular formula is C18H15FN2O3S2. The average molecular weight is 390 g/mol. The van der Waals surface area contributed by atoms with E-state index in [2.05, 4.69) is 10.3 Å². The van der Waals surface area contributed by atoms with Crippen molar-refractivity contribution < 1.29 is 17.6 Å². The van der Waals surface area contributed by atoms with Crippen molar-refractivity contribution in [2.75, 3.05) is 11.6 Å². The number of aromatic nitrogens is 1. The highest BCUT2D eigenvalue weighted by molar-refractivity contribution is 7.90. The molecule has 0 aliphatic heterocycles. The Bertz CT molecular complexity index is 1060. The molecule has 0 aliphatic rings. The number of thiazole rings is 1. The Balaban J connectivity index is 1.78. The number of halogens is 1. The number of sulfone groups is 1. The molecule has 0 unspecified atom stereocenters. The largest absolute Gasteiger partial charge is 0.298 e. The predicted molar refractivity (Wildman–Crippen MR) is 98.8 cm³/mol. The summed E-state index contributed by atoms with van der Waals surface area (Å²) >= 11 is 1.21. The van der Waals surface area contributed by atoms with Crippen LogP contribution >= 0.6 is 11.3 Å². The van der Waals surface area contributed by atoms with Crippen molar-refractivity contribution in [2.45, 2.75) is 11.3 Å². The SMILES string of the molecule is CS(=O)(=O)c1ccccc1C(=O)Nc1ncc(Cc2ccccc2F)s1. The minimum Gasteiger partial charge on any atom is -0.298 e. The van der Waals surface area contributed by atoms with E-state index in [1.165, 1.54) is 29.5 Å². The van der Waals surface area contributed by atoms with E-state index in [0.717, 1.165) is 11.1 Å². The average Bonchev–Trinajstić information content (AvgIpc) is 3.03. The number of amides is 1. The van der Waals surface area contributed by atoms with Gasteiger partial charge in [-0.3, -0.25) is 10.1 Å². The normalized spacial score (nSPS) is 11.3. The third-order valence-electron chi connectivity index (χ3n) is 3.63. The van der Waals surface area contributed by atoms with Crippen LogP contribution in [0.25, 0.3) is 0 Å². The van der Waals surface area contributed by atoms with Crippen LogP contribution in [0.2, 0.25) is 0 Å². The van der Waals surface area contributed by atoms with Crippen molar-refractivity contribution in [2.24, 2.45) is 0 Å². The molecule has 1 N–H and O–H groups in total. The third-order valence-corrected chi connectivity index (χ3v) is 5.70. The van der Waals surface area contributed by atoms with Crippen LogP contribution in [0.15, 0.2) is 59.6 Å². The van der Waals surface area contributed by atoms with Gasteiger partial charge in [0.15, 0.2) is 15.0 Å². The molecule has 3 rings (SSSR count). The predicted octanol–water partition coefficient (Wildman–Crippen LogP) is 3.53. The van der Waals surface area contributed by atoms with Gasteiger partial charge >= 0.3 is 0 Å². The topological polar surface area (TPSA) is 76.1 Å². The van der Waals surface area contributed by atoms with Crippen LogP contribution in [0.4, 0.5) is 9.52 Å². The van der Waals surface area contributed by atoms with Gasteiger partial charge in [-0.05, 0) is 23.8 Å². The second-order valence-electron chi connectivity index (χ2n) is 5.62. The van der Waals surface area contributed by atoms with E-state index in [1.807, 2.05) is 0 Å². The number of rotatable bonds is 5. The standard InChI is InChI=1S/C18H15FN2O3S2/c1-26(23,24)16-9-5-3-7-14(16)17(22)21-18-20-11-13(25-18)10-12-6-2-4-8-15(12)19/h2-9,11H,10H2,1H3,(H,20,21,22). The zero-order chi connectivity index (χ0) is 18.7. The second-order valence-corrected chi connectivity index (χ2v) is 8.72. The zero-order valence-corrected chi connectivity index (χ0v) is 15.4. The molecule has 0 saturated carbocycles. The maximum absolute atomic E-state index is 13.7. The van der Waals surface area contributed by atoms with Crippen LogP contribution in [-0.2, 0) is 16.3 Å². The van der Waals surface area contributed by atoms with Crippen molar-refractivity contribution in [1.29, 1.82) is 0 Å². The van der Waals surface area contributed by atoms with Crippen molar-refractivity contribution in [3.8, 4) is 0 Å². The molecule has 0 fully saturated rings. The minimum absolute atomic E-state index is 0.0411. The quantitative estimate of drug-likeness (QED) is 0.723. The Morgan fingerprint density at radius 3 is 2.58 bits per heavy atom. The van der Waals surface area contributed by atoms with E-state index in [9.17, 15) is 17.6 Å². The lowest BCUT2D eigenvalue weighted by molar-refractivity contribution is 0.102. The molecule has 0 bridgehead atoms. The molecule has 5 nitrogen and oxygen atoms in total. The fourth-order valence-corrected chi connectivity index (χ4v) is 4.14. The molecule has 134 valence electrons. The molecule has 0 radical (unpaired) electrons. The summed E-state index contributed by atoms with van der Waals surface area (Å²) in [5, 5.41) is 2.93. The molecule has 0 spiro atoms. The van der Waals surface area contributed by atoms with E-state index in [1.54, 1.807) is 36.5 Å². The van der Waals surface area contributed by atoms with Gasteiger partial charge in [0.25, 0.3) is 5.91 Å². The summed E-state index contributed by atoms with van der Waals surface area (Å²) in [6.07, 6.45) is 2.98. The van der Waals surface area contributed by atoms with Gasteiger partial charge in [-0.25, -0.2) is 17.8 Å². The maximum Gasteiger partial charge on any atom is 0.258 e. The van der Waals surface area contributed by atoms with E-state index in [4.69, 9.17) is 0 Å². The van der Waals surface area contributed by atoms with E-state index in [0.29, 0.717) is 17.1 Å². The fraction of sp³-hybridized carbons (Fsp3) is 0.111. The summed E-state index contributed by atoms with van der Waals surface area (Å²) < 4.78 is 37.4. The number of carbonyl (C=O) groups excluding carboxylic acids is 1. The molecule has 0 aliphatic carbocycles. The Morgan fingerprint density at radius 2 is 1.85 bits per heavy atom. The number of benzene rings is 2. The lowest BCUT2D eigenvalue weighted by Crippen LogP contribution is -2.15. The number of hydrogen-bond donors (Lipinski definition) is 1. The smallest absolute Gasteiger partial charge is 0.258 e. The van der Waals surface area contributed by atoms with Gasteiger partial charge in [0.1, 0.15) is 5.82 Å². The molecule has 1 aromatic heterocycles. The van der Waals surface area contributed by atoms with Gasteiger partial charge in [-0.15, -0.1) is 11.3 Å². The summed E-state index contributed by atoms with van der Waals surface area (Å²) in [5.41, 5.74) is 0.595. The molecule has 0 saturated heterocycles. The highest BCUT2D eigenvalue weighted by Crippen LogP contribution is 2.24. The van der Waals surface area contributed by atoms with E-state index >= 15 is 0 Å². The van der Waals surface area contributed by atoms with Crippen molar-refractivity contribution in [3.05, 3.63) is 76.5 Å². The molecule has 26 heavy (non-hydrogen) atoms. The van der Waals surface area contributed by atoms with Crippen LogP contribution in [0.3, 0.4) is 0 Å². The summed E-state index contributed by atoms with van der Waals surface area (Å²) in [4.78, 5) is 17.3. The lowest BCUT2D eigenvalue weighted by atomic mass is 10.1. The summed E-state index contributed by atoms with van der Waals surface area (Å²) in [5.74, 6) is -0.855. The monoisotopic (exact) mass is 390 g/mol. The number of nitrogens with zero attached hydrogens (tertiary/aromatic N) is 1. The molecule has 8 heteroatoms. The highest BCUT2D eigenvalue weighted by Gasteiger charge is 2.19. The Hall–Kier alpha value is -2.58. The zero-order valence-electron chi connectivity index (χ0n) is 13.8. The van der Waals surface area contributed by atoms with Gasteiger partial charge in [0.2, 0.25) is 0 Å². The molecular weight excluding hydrogens is 375 g/mol. The van der Waals surface area contributed by atoms with Crippen LogP contribution < -0.4 is 5.32 Å². The highest BCUT2D eigenvalue weighted by atomic mass is 32.2. The first-order valence-corrected chi connectivity index (χ1v) is 10.3. The van der Waals surface area contributed by atoms with E-state index in [-0.39, 0.29) is 16.3 Å². The minimum atomic E-state index is -3.53. The van der Waals surface area contributed by atoms with Gasteiger partial charge < -0.3 is 0 Å². The lowest BCUT2D eigenvalue weighted by Gasteiger charge is -2.06. The van der Waals surface area contributed by atoms with Crippen molar-refractivity contribution in [3.63, 3.8) is 0 Å². The van der Waals surface area contributed by atoms with Crippen molar-refractivity contribution >= 4 is 32.2 Å². The van der Waals surface area contributed by atoms with Gasteiger partial charge in [0, 0.05) is 23.8 Å². The first-order chi connectivity index (χ1) is 12.3. The number of carbonyl (C=O) groups is 1.